The Bertz CT molecular complexity index is 746. The molecule has 1 N–H and O–H groups in total. The lowest BCUT2D eigenvalue weighted by atomic mass is 10.1. The second-order valence-corrected chi connectivity index (χ2v) is 4.86. The van der Waals surface area contributed by atoms with Crippen LogP contribution in [0.4, 0.5) is 5.69 Å². The molecule has 0 aliphatic rings. The number of rotatable bonds is 5. The molecule has 7 heteroatoms. The molecule has 112 valence electrons. The summed E-state index contributed by atoms with van der Waals surface area (Å²) in [4.78, 5) is 33.9. The van der Waals surface area contributed by atoms with Gasteiger partial charge in [-0.05, 0) is 18.2 Å². The highest BCUT2D eigenvalue weighted by Crippen LogP contribution is 2.13. The number of nitro benzene ring substituents is 1. The first kappa shape index (κ1) is 15.7. The van der Waals surface area contributed by atoms with Crippen molar-refractivity contribution in [2.24, 2.45) is 0 Å². The largest absolute Gasteiger partial charge is 0.345 e. The molecule has 0 heterocycles. The average Bonchev–Trinajstić information content (AvgIpc) is 2.52. The van der Waals surface area contributed by atoms with Crippen molar-refractivity contribution < 1.29 is 14.5 Å². The molecule has 1 amide bonds. The van der Waals surface area contributed by atoms with Gasteiger partial charge in [-0.2, -0.15) is 0 Å². The van der Waals surface area contributed by atoms with E-state index in [0.717, 1.165) is 6.07 Å². The van der Waals surface area contributed by atoms with E-state index in [0.29, 0.717) is 10.6 Å². The monoisotopic (exact) mass is 318 g/mol. The zero-order valence-corrected chi connectivity index (χ0v) is 12.0. The molecule has 0 saturated carbocycles. The molecule has 2 aromatic carbocycles. The van der Waals surface area contributed by atoms with Crippen molar-refractivity contribution in [2.45, 2.75) is 0 Å². The van der Waals surface area contributed by atoms with Crippen molar-refractivity contribution in [1.29, 1.82) is 0 Å². The van der Waals surface area contributed by atoms with E-state index in [4.69, 9.17) is 11.6 Å². The van der Waals surface area contributed by atoms with Gasteiger partial charge in [0.05, 0.1) is 11.5 Å². The number of amides is 1. The summed E-state index contributed by atoms with van der Waals surface area (Å²) in [6, 6.07) is 11.7. The summed E-state index contributed by atoms with van der Waals surface area (Å²) in [5.74, 6) is -0.861. The molecule has 0 aromatic heterocycles. The van der Waals surface area contributed by atoms with Crippen LogP contribution in [0.1, 0.15) is 20.7 Å². The summed E-state index contributed by atoms with van der Waals surface area (Å²) < 4.78 is 0. The fourth-order valence-corrected chi connectivity index (χ4v) is 1.98. The van der Waals surface area contributed by atoms with Crippen molar-refractivity contribution in [1.82, 2.24) is 5.32 Å². The number of benzene rings is 2. The number of carbonyl (C=O) groups is 2. The predicted octanol–water partition coefficient (Wildman–Crippen LogP) is 2.86. The van der Waals surface area contributed by atoms with Gasteiger partial charge in [0.15, 0.2) is 5.78 Å². The standard InChI is InChI=1S/C15H11ClN2O4/c16-12-5-1-3-10(7-12)14(19)9-17-15(20)11-4-2-6-13(8-11)18(21)22/h1-8H,9H2,(H,17,20). The number of nitro groups is 1. The molecule has 6 nitrogen and oxygen atoms in total. The minimum Gasteiger partial charge on any atom is -0.345 e. The van der Waals surface area contributed by atoms with Crippen molar-refractivity contribution in [2.75, 3.05) is 6.54 Å². The molecule has 0 spiro atoms. The first-order chi connectivity index (χ1) is 10.5. The second kappa shape index (κ2) is 6.82. The van der Waals surface area contributed by atoms with Crippen LogP contribution in [-0.4, -0.2) is 23.2 Å². The number of ketones is 1. The molecule has 0 unspecified atom stereocenters. The fourth-order valence-electron chi connectivity index (χ4n) is 1.79. The Labute approximate surface area is 130 Å². The lowest BCUT2D eigenvalue weighted by Gasteiger charge is -2.05. The van der Waals surface area contributed by atoms with Gasteiger partial charge in [-0.1, -0.05) is 29.8 Å². The summed E-state index contributed by atoms with van der Waals surface area (Å²) >= 11 is 5.79. The van der Waals surface area contributed by atoms with E-state index in [9.17, 15) is 19.7 Å². The average molecular weight is 319 g/mol. The van der Waals surface area contributed by atoms with Crippen molar-refractivity contribution >= 4 is 29.0 Å². The fraction of sp³-hybridized carbons (Fsp3) is 0.0667. The normalized spacial score (nSPS) is 10.0. The van der Waals surface area contributed by atoms with Gasteiger partial charge < -0.3 is 5.32 Å². The minimum atomic E-state index is -0.589. The van der Waals surface area contributed by atoms with Crippen LogP contribution >= 0.6 is 11.6 Å². The lowest BCUT2D eigenvalue weighted by Crippen LogP contribution is -2.29. The Kier molecular flexibility index (Phi) is 4.85. The van der Waals surface area contributed by atoms with E-state index in [1.165, 1.54) is 24.3 Å². The number of hydrogen-bond acceptors (Lipinski definition) is 4. The Balaban J connectivity index is 2.02. The summed E-state index contributed by atoms with van der Waals surface area (Å²) in [6.45, 7) is -0.220. The van der Waals surface area contributed by atoms with Gasteiger partial charge in [-0.15, -0.1) is 0 Å². The number of non-ortho nitro benzene ring substituents is 1. The van der Waals surface area contributed by atoms with Crippen LogP contribution < -0.4 is 5.32 Å². The molecule has 2 aromatic rings. The molecule has 0 atom stereocenters. The lowest BCUT2D eigenvalue weighted by molar-refractivity contribution is -0.384. The number of hydrogen-bond donors (Lipinski definition) is 1. The highest BCUT2D eigenvalue weighted by atomic mass is 35.5. The first-order valence-corrected chi connectivity index (χ1v) is 6.66. The Morgan fingerprint density at radius 3 is 2.45 bits per heavy atom. The highest BCUT2D eigenvalue weighted by Gasteiger charge is 2.13. The molecule has 2 rings (SSSR count). The minimum absolute atomic E-state index is 0.119. The molecular formula is C15H11ClN2O4. The van der Waals surface area contributed by atoms with E-state index in [2.05, 4.69) is 5.32 Å². The van der Waals surface area contributed by atoms with Crippen LogP contribution in [0.15, 0.2) is 48.5 Å². The van der Waals surface area contributed by atoms with Crippen LogP contribution in [0.2, 0.25) is 5.02 Å². The molecule has 0 radical (unpaired) electrons. The van der Waals surface area contributed by atoms with Crippen LogP contribution in [0, 0.1) is 10.1 Å². The smallest absolute Gasteiger partial charge is 0.270 e. The maximum Gasteiger partial charge on any atom is 0.270 e. The predicted molar refractivity (Wildman–Crippen MR) is 81.2 cm³/mol. The molecule has 0 saturated heterocycles. The summed E-state index contributed by atoms with van der Waals surface area (Å²) in [7, 11) is 0. The first-order valence-electron chi connectivity index (χ1n) is 6.29. The van der Waals surface area contributed by atoms with Gasteiger partial charge in [0.2, 0.25) is 0 Å². The summed E-state index contributed by atoms with van der Waals surface area (Å²) in [5, 5.41) is 13.5. The third kappa shape index (κ3) is 3.89. The SMILES string of the molecule is O=C(CNC(=O)c1cccc([N+](=O)[O-])c1)c1cccc(Cl)c1. The quantitative estimate of drug-likeness (QED) is 0.521. The van der Waals surface area contributed by atoms with E-state index in [1.807, 2.05) is 0 Å². The Morgan fingerprint density at radius 2 is 1.77 bits per heavy atom. The molecule has 0 aliphatic carbocycles. The maximum absolute atomic E-state index is 11.9. The summed E-state index contributed by atoms with van der Waals surface area (Å²) in [6.07, 6.45) is 0. The van der Waals surface area contributed by atoms with Crippen molar-refractivity contribution in [3.63, 3.8) is 0 Å². The number of nitrogens with zero attached hydrogens (tertiary/aromatic N) is 1. The number of nitrogens with one attached hydrogen (secondary N) is 1. The van der Waals surface area contributed by atoms with Crippen LogP contribution in [0.25, 0.3) is 0 Å². The van der Waals surface area contributed by atoms with Gasteiger partial charge in [0.25, 0.3) is 11.6 Å². The zero-order valence-electron chi connectivity index (χ0n) is 11.3. The Hall–Kier alpha value is -2.73. The third-order valence-electron chi connectivity index (χ3n) is 2.88. The third-order valence-corrected chi connectivity index (χ3v) is 3.11. The van der Waals surface area contributed by atoms with Crippen LogP contribution in [0.5, 0.6) is 0 Å². The highest BCUT2D eigenvalue weighted by molar-refractivity contribution is 6.31. The van der Waals surface area contributed by atoms with Crippen LogP contribution in [-0.2, 0) is 0 Å². The van der Waals surface area contributed by atoms with Gasteiger partial charge in [-0.3, -0.25) is 19.7 Å². The molecule has 0 aliphatic heterocycles. The summed E-state index contributed by atoms with van der Waals surface area (Å²) in [5.41, 5.74) is 0.314. The van der Waals surface area contributed by atoms with Gasteiger partial charge in [0.1, 0.15) is 0 Å². The van der Waals surface area contributed by atoms with Crippen LogP contribution in [0.3, 0.4) is 0 Å². The second-order valence-electron chi connectivity index (χ2n) is 4.42. The number of carbonyl (C=O) groups excluding carboxylic acids is 2. The van der Waals surface area contributed by atoms with Crippen molar-refractivity contribution in [3.8, 4) is 0 Å². The van der Waals surface area contributed by atoms with Crippen molar-refractivity contribution in [3.05, 3.63) is 74.8 Å². The molecule has 0 bridgehead atoms. The topological polar surface area (TPSA) is 89.3 Å². The van der Waals surface area contributed by atoms with E-state index >= 15 is 0 Å². The van der Waals surface area contributed by atoms with E-state index in [1.54, 1.807) is 18.2 Å². The number of Topliss-reactive ketones (excluding diaryl/α,β-unsaturated/α-hetero) is 1. The number of halogens is 1. The van der Waals surface area contributed by atoms with Gasteiger partial charge in [-0.25, -0.2) is 0 Å². The zero-order chi connectivity index (χ0) is 16.1. The van der Waals surface area contributed by atoms with E-state index < -0.39 is 10.8 Å². The molecule has 0 fully saturated rings. The van der Waals surface area contributed by atoms with Gasteiger partial charge in [0, 0.05) is 28.3 Å². The maximum atomic E-state index is 11.9. The molecule has 22 heavy (non-hydrogen) atoms. The molecular weight excluding hydrogens is 308 g/mol. The van der Waals surface area contributed by atoms with Gasteiger partial charge >= 0.3 is 0 Å². The Morgan fingerprint density at radius 1 is 1.09 bits per heavy atom. The van der Waals surface area contributed by atoms with E-state index in [-0.39, 0.29) is 23.6 Å².